The molecule has 21 heavy (non-hydrogen) atoms. The van der Waals surface area contributed by atoms with Gasteiger partial charge in [-0.1, -0.05) is 17.9 Å². The van der Waals surface area contributed by atoms with Gasteiger partial charge in [0.1, 0.15) is 0 Å². The van der Waals surface area contributed by atoms with Gasteiger partial charge in [0.2, 0.25) is 0 Å². The lowest BCUT2D eigenvalue weighted by molar-refractivity contribution is 0.102. The highest BCUT2D eigenvalue weighted by Crippen LogP contribution is 2.17. The zero-order valence-electron chi connectivity index (χ0n) is 12.1. The number of hydrogen-bond acceptors (Lipinski definition) is 3. The molecule has 0 unspecified atom stereocenters. The van der Waals surface area contributed by atoms with Crippen LogP contribution in [-0.2, 0) is 0 Å². The van der Waals surface area contributed by atoms with Gasteiger partial charge in [-0.25, -0.2) is 0 Å². The SMILES string of the molecule is Cc1cncc(C(=O)Nc2cc(C#CCN)ccc2C)c1. The van der Waals surface area contributed by atoms with Crippen LogP contribution in [0.1, 0.15) is 27.0 Å². The summed E-state index contributed by atoms with van der Waals surface area (Å²) in [5, 5.41) is 2.89. The van der Waals surface area contributed by atoms with E-state index < -0.39 is 0 Å². The highest BCUT2D eigenvalue weighted by molar-refractivity contribution is 6.04. The van der Waals surface area contributed by atoms with E-state index in [1.807, 2.05) is 32.0 Å². The van der Waals surface area contributed by atoms with Gasteiger partial charge in [0, 0.05) is 23.6 Å². The van der Waals surface area contributed by atoms with Crippen LogP contribution in [0.25, 0.3) is 0 Å². The molecule has 2 rings (SSSR count). The minimum absolute atomic E-state index is 0.182. The topological polar surface area (TPSA) is 68.0 Å². The van der Waals surface area contributed by atoms with E-state index >= 15 is 0 Å². The minimum atomic E-state index is -0.182. The summed E-state index contributed by atoms with van der Waals surface area (Å²) in [6.07, 6.45) is 3.26. The Hall–Kier alpha value is -2.64. The Bertz CT molecular complexity index is 726. The molecule has 0 atom stereocenters. The maximum atomic E-state index is 12.2. The molecular weight excluding hydrogens is 262 g/mol. The van der Waals surface area contributed by atoms with Crippen LogP contribution >= 0.6 is 0 Å². The van der Waals surface area contributed by atoms with Gasteiger partial charge in [-0.15, -0.1) is 0 Å². The molecule has 1 aromatic carbocycles. The Balaban J connectivity index is 2.24. The number of aryl methyl sites for hydroxylation is 2. The van der Waals surface area contributed by atoms with Crippen molar-refractivity contribution >= 4 is 11.6 Å². The van der Waals surface area contributed by atoms with Crippen molar-refractivity contribution in [2.45, 2.75) is 13.8 Å². The average molecular weight is 279 g/mol. The first-order chi connectivity index (χ1) is 10.1. The Morgan fingerprint density at radius 3 is 2.81 bits per heavy atom. The molecule has 1 aromatic heterocycles. The molecular formula is C17H17N3O. The second kappa shape index (κ2) is 6.69. The molecule has 0 aliphatic heterocycles. The van der Waals surface area contributed by atoms with E-state index in [4.69, 9.17) is 5.73 Å². The fourth-order valence-corrected chi connectivity index (χ4v) is 1.86. The largest absolute Gasteiger partial charge is 0.322 e. The standard InChI is InChI=1S/C17H17N3O/c1-12-8-15(11-19-10-12)17(21)20-16-9-14(4-3-7-18)6-5-13(16)2/h5-6,8-11H,7,18H2,1-2H3,(H,20,21). The highest BCUT2D eigenvalue weighted by Gasteiger charge is 2.08. The number of nitrogens with one attached hydrogen (secondary N) is 1. The Morgan fingerprint density at radius 2 is 2.10 bits per heavy atom. The number of rotatable bonds is 2. The molecule has 0 saturated carbocycles. The maximum Gasteiger partial charge on any atom is 0.257 e. The third-order valence-electron chi connectivity index (χ3n) is 2.96. The molecule has 1 heterocycles. The molecule has 106 valence electrons. The van der Waals surface area contributed by atoms with E-state index in [9.17, 15) is 4.79 Å². The van der Waals surface area contributed by atoms with Crippen molar-refractivity contribution in [1.82, 2.24) is 4.98 Å². The van der Waals surface area contributed by atoms with E-state index in [0.717, 1.165) is 22.4 Å². The molecule has 2 aromatic rings. The number of amides is 1. The summed E-state index contributed by atoms with van der Waals surface area (Å²) < 4.78 is 0. The zero-order chi connectivity index (χ0) is 15.2. The lowest BCUT2D eigenvalue weighted by Crippen LogP contribution is -2.13. The summed E-state index contributed by atoms with van der Waals surface area (Å²) in [5.74, 6) is 5.57. The molecule has 0 bridgehead atoms. The van der Waals surface area contributed by atoms with E-state index in [1.165, 1.54) is 0 Å². The van der Waals surface area contributed by atoms with Crippen LogP contribution in [-0.4, -0.2) is 17.4 Å². The summed E-state index contributed by atoms with van der Waals surface area (Å²) in [5.41, 5.74) is 9.38. The molecule has 1 amide bonds. The molecule has 3 N–H and O–H groups in total. The fourth-order valence-electron chi connectivity index (χ4n) is 1.86. The van der Waals surface area contributed by atoms with Gasteiger partial charge in [0.05, 0.1) is 12.1 Å². The summed E-state index contributed by atoms with van der Waals surface area (Å²) in [4.78, 5) is 16.3. The molecule has 0 aliphatic carbocycles. The monoisotopic (exact) mass is 279 g/mol. The summed E-state index contributed by atoms with van der Waals surface area (Å²) in [6.45, 7) is 4.15. The normalized spacial score (nSPS) is 9.67. The van der Waals surface area contributed by atoms with Crippen molar-refractivity contribution in [2.24, 2.45) is 5.73 Å². The number of carbonyl (C=O) groups is 1. The lowest BCUT2D eigenvalue weighted by Gasteiger charge is -2.09. The number of nitrogens with two attached hydrogens (primary N) is 1. The van der Waals surface area contributed by atoms with Crippen LogP contribution in [0.4, 0.5) is 5.69 Å². The molecule has 4 heteroatoms. The molecule has 0 spiro atoms. The zero-order valence-corrected chi connectivity index (χ0v) is 12.1. The van der Waals surface area contributed by atoms with Gasteiger partial charge in [0.25, 0.3) is 5.91 Å². The maximum absolute atomic E-state index is 12.2. The molecule has 0 radical (unpaired) electrons. The molecule has 0 aliphatic rings. The Labute approximate surface area is 124 Å². The summed E-state index contributed by atoms with van der Waals surface area (Å²) >= 11 is 0. The highest BCUT2D eigenvalue weighted by atomic mass is 16.1. The molecule has 0 saturated heterocycles. The molecule has 4 nitrogen and oxygen atoms in total. The van der Waals surface area contributed by atoms with E-state index in [0.29, 0.717) is 12.1 Å². The van der Waals surface area contributed by atoms with Crippen LogP contribution in [0, 0.1) is 25.7 Å². The van der Waals surface area contributed by atoms with Crippen molar-refractivity contribution in [1.29, 1.82) is 0 Å². The van der Waals surface area contributed by atoms with E-state index in [1.54, 1.807) is 18.5 Å². The van der Waals surface area contributed by atoms with Gasteiger partial charge in [-0.2, -0.15) is 0 Å². The molecule has 0 fully saturated rings. The summed E-state index contributed by atoms with van der Waals surface area (Å²) in [7, 11) is 0. The lowest BCUT2D eigenvalue weighted by atomic mass is 10.1. The first-order valence-electron chi connectivity index (χ1n) is 6.63. The Morgan fingerprint density at radius 1 is 1.29 bits per heavy atom. The van der Waals surface area contributed by atoms with Gasteiger partial charge in [-0.05, 0) is 43.2 Å². The first-order valence-corrected chi connectivity index (χ1v) is 6.63. The average Bonchev–Trinajstić information content (AvgIpc) is 2.48. The van der Waals surface area contributed by atoms with Gasteiger partial charge in [0.15, 0.2) is 0 Å². The van der Waals surface area contributed by atoms with Crippen LogP contribution in [0.5, 0.6) is 0 Å². The minimum Gasteiger partial charge on any atom is -0.322 e. The predicted molar refractivity (Wildman–Crippen MR) is 84.0 cm³/mol. The van der Waals surface area contributed by atoms with E-state index in [2.05, 4.69) is 22.1 Å². The third-order valence-corrected chi connectivity index (χ3v) is 2.96. The van der Waals surface area contributed by atoms with E-state index in [-0.39, 0.29) is 5.91 Å². The summed E-state index contributed by atoms with van der Waals surface area (Å²) in [6, 6.07) is 7.47. The number of carbonyl (C=O) groups excluding carboxylic acids is 1. The van der Waals surface area contributed by atoms with Crippen molar-refractivity contribution in [3.63, 3.8) is 0 Å². The first kappa shape index (κ1) is 14.8. The van der Waals surface area contributed by atoms with Crippen LogP contribution in [0.3, 0.4) is 0 Å². The van der Waals surface area contributed by atoms with Crippen molar-refractivity contribution in [3.05, 3.63) is 58.9 Å². The number of anilines is 1. The third kappa shape index (κ3) is 3.91. The fraction of sp³-hybridized carbons (Fsp3) is 0.176. The predicted octanol–water partition coefficient (Wildman–Crippen LogP) is 2.26. The van der Waals surface area contributed by atoms with Crippen molar-refractivity contribution < 1.29 is 4.79 Å². The quantitative estimate of drug-likeness (QED) is 0.829. The van der Waals surface area contributed by atoms with Gasteiger partial charge < -0.3 is 11.1 Å². The number of benzene rings is 1. The van der Waals surface area contributed by atoms with Crippen molar-refractivity contribution in [2.75, 3.05) is 11.9 Å². The smallest absolute Gasteiger partial charge is 0.257 e. The van der Waals surface area contributed by atoms with Crippen molar-refractivity contribution in [3.8, 4) is 11.8 Å². The van der Waals surface area contributed by atoms with Crippen LogP contribution < -0.4 is 11.1 Å². The second-order valence-corrected chi connectivity index (χ2v) is 4.74. The van der Waals surface area contributed by atoms with Crippen LogP contribution in [0.15, 0.2) is 36.7 Å². The number of pyridine rings is 1. The number of aromatic nitrogens is 1. The second-order valence-electron chi connectivity index (χ2n) is 4.74. The number of nitrogens with zero attached hydrogens (tertiary/aromatic N) is 1. The van der Waals surface area contributed by atoms with Gasteiger partial charge in [-0.3, -0.25) is 9.78 Å². The number of hydrogen-bond donors (Lipinski definition) is 2. The van der Waals surface area contributed by atoms with Gasteiger partial charge >= 0.3 is 0 Å². The Kier molecular flexibility index (Phi) is 4.70. The van der Waals surface area contributed by atoms with Crippen LogP contribution in [0.2, 0.25) is 0 Å².